The van der Waals surface area contributed by atoms with Crippen molar-refractivity contribution in [1.82, 2.24) is 14.8 Å². The number of hydrogen-bond donors (Lipinski definition) is 1. The Labute approximate surface area is 99.1 Å². The summed E-state index contributed by atoms with van der Waals surface area (Å²) in [6, 6.07) is 5.40. The third-order valence-electron chi connectivity index (χ3n) is 2.33. The summed E-state index contributed by atoms with van der Waals surface area (Å²) in [6.45, 7) is 2.99. The Kier molecular flexibility index (Phi) is 3.10. The lowest BCUT2D eigenvalue weighted by molar-refractivity contribution is 0.683. The number of aryl methyl sites for hydroxylation is 1. The van der Waals surface area contributed by atoms with Crippen LogP contribution >= 0.6 is 11.6 Å². The van der Waals surface area contributed by atoms with Crippen LogP contribution in [0.3, 0.4) is 0 Å². The van der Waals surface area contributed by atoms with E-state index >= 15 is 0 Å². The van der Waals surface area contributed by atoms with Crippen LogP contribution in [0.1, 0.15) is 13.3 Å². The van der Waals surface area contributed by atoms with Crippen LogP contribution in [0.5, 0.6) is 0 Å². The Morgan fingerprint density at radius 1 is 1.44 bits per heavy atom. The van der Waals surface area contributed by atoms with Gasteiger partial charge in [-0.05, 0) is 24.6 Å². The Morgan fingerprint density at radius 3 is 2.94 bits per heavy atom. The van der Waals surface area contributed by atoms with Gasteiger partial charge in [0.15, 0.2) is 5.82 Å². The molecular formula is C11H13ClN4. The van der Waals surface area contributed by atoms with Crippen molar-refractivity contribution in [3.8, 4) is 11.4 Å². The average molecular weight is 237 g/mol. The SMILES string of the molecule is CCCn1cnnc1-c1ccc(Cl)cc1N. The quantitative estimate of drug-likeness (QED) is 0.834. The Balaban J connectivity index is 2.46. The van der Waals surface area contributed by atoms with E-state index in [1.807, 2.05) is 10.6 Å². The van der Waals surface area contributed by atoms with Crippen LogP contribution in [-0.2, 0) is 6.54 Å². The van der Waals surface area contributed by atoms with E-state index < -0.39 is 0 Å². The molecule has 1 heterocycles. The van der Waals surface area contributed by atoms with Gasteiger partial charge < -0.3 is 10.3 Å². The number of rotatable bonds is 3. The maximum atomic E-state index is 5.91. The second-order valence-corrected chi connectivity index (χ2v) is 4.02. The fraction of sp³-hybridized carbons (Fsp3) is 0.273. The second kappa shape index (κ2) is 4.53. The van der Waals surface area contributed by atoms with Crippen LogP contribution in [0, 0.1) is 0 Å². The van der Waals surface area contributed by atoms with Gasteiger partial charge in [0, 0.05) is 22.8 Å². The monoisotopic (exact) mass is 236 g/mol. The van der Waals surface area contributed by atoms with Gasteiger partial charge in [-0.15, -0.1) is 10.2 Å². The fourth-order valence-electron chi connectivity index (χ4n) is 1.61. The molecule has 0 bridgehead atoms. The highest BCUT2D eigenvalue weighted by molar-refractivity contribution is 6.31. The molecule has 0 aliphatic heterocycles. The second-order valence-electron chi connectivity index (χ2n) is 3.58. The van der Waals surface area contributed by atoms with Crippen molar-refractivity contribution >= 4 is 17.3 Å². The van der Waals surface area contributed by atoms with Gasteiger partial charge in [0.2, 0.25) is 0 Å². The van der Waals surface area contributed by atoms with E-state index in [-0.39, 0.29) is 0 Å². The first-order chi connectivity index (χ1) is 7.72. The number of nitrogen functional groups attached to an aromatic ring is 1. The zero-order chi connectivity index (χ0) is 11.5. The van der Waals surface area contributed by atoms with E-state index in [1.54, 1.807) is 18.5 Å². The predicted octanol–water partition coefficient (Wildman–Crippen LogP) is 2.59. The molecule has 5 heteroatoms. The predicted molar refractivity (Wildman–Crippen MR) is 65.2 cm³/mol. The Hall–Kier alpha value is -1.55. The number of hydrogen-bond acceptors (Lipinski definition) is 3. The van der Waals surface area contributed by atoms with Crippen molar-refractivity contribution in [2.75, 3.05) is 5.73 Å². The van der Waals surface area contributed by atoms with Gasteiger partial charge in [0.05, 0.1) is 0 Å². The van der Waals surface area contributed by atoms with E-state index in [2.05, 4.69) is 17.1 Å². The summed E-state index contributed by atoms with van der Waals surface area (Å²) in [7, 11) is 0. The van der Waals surface area contributed by atoms with Crippen LogP contribution in [0.15, 0.2) is 24.5 Å². The van der Waals surface area contributed by atoms with Crippen molar-refractivity contribution in [3.63, 3.8) is 0 Å². The van der Waals surface area contributed by atoms with E-state index in [4.69, 9.17) is 17.3 Å². The number of halogens is 1. The number of anilines is 1. The molecule has 84 valence electrons. The topological polar surface area (TPSA) is 56.7 Å². The highest BCUT2D eigenvalue weighted by atomic mass is 35.5. The maximum absolute atomic E-state index is 5.91. The van der Waals surface area contributed by atoms with Crippen molar-refractivity contribution in [2.24, 2.45) is 0 Å². The van der Waals surface area contributed by atoms with Gasteiger partial charge >= 0.3 is 0 Å². The molecule has 0 aliphatic carbocycles. The molecule has 2 aromatic rings. The molecule has 4 nitrogen and oxygen atoms in total. The Bertz CT molecular complexity index is 492. The molecule has 0 atom stereocenters. The molecular weight excluding hydrogens is 224 g/mol. The van der Waals surface area contributed by atoms with Crippen LogP contribution < -0.4 is 5.73 Å². The van der Waals surface area contributed by atoms with Crippen molar-refractivity contribution in [2.45, 2.75) is 19.9 Å². The molecule has 1 aromatic heterocycles. The molecule has 0 unspecified atom stereocenters. The van der Waals surface area contributed by atoms with Crippen LogP contribution in [0.2, 0.25) is 5.02 Å². The van der Waals surface area contributed by atoms with Crippen LogP contribution in [0.4, 0.5) is 5.69 Å². The van der Waals surface area contributed by atoms with Crippen molar-refractivity contribution in [3.05, 3.63) is 29.5 Å². The molecule has 0 saturated heterocycles. The first kappa shape index (κ1) is 11.0. The van der Waals surface area contributed by atoms with E-state index in [0.717, 1.165) is 24.4 Å². The summed E-state index contributed by atoms with van der Waals surface area (Å²) in [6.07, 6.45) is 2.74. The number of nitrogens with zero attached hydrogens (tertiary/aromatic N) is 3. The van der Waals surface area contributed by atoms with Gasteiger partial charge in [-0.1, -0.05) is 18.5 Å². The summed E-state index contributed by atoms with van der Waals surface area (Å²) in [4.78, 5) is 0. The van der Waals surface area contributed by atoms with Gasteiger partial charge in [0.1, 0.15) is 6.33 Å². The zero-order valence-corrected chi connectivity index (χ0v) is 9.78. The van der Waals surface area contributed by atoms with Gasteiger partial charge in [-0.25, -0.2) is 0 Å². The Morgan fingerprint density at radius 2 is 2.25 bits per heavy atom. The third kappa shape index (κ3) is 2.02. The molecule has 0 radical (unpaired) electrons. The van der Waals surface area contributed by atoms with E-state index in [1.165, 1.54) is 0 Å². The maximum Gasteiger partial charge on any atom is 0.165 e. The third-order valence-corrected chi connectivity index (χ3v) is 2.57. The van der Waals surface area contributed by atoms with Gasteiger partial charge in [-0.3, -0.25) is 0 Å². The highest BCUT2D eigenvalue weighted by Crippen LogP contribution is 2.26. The molecule has 0 aliphatic rings. The zero-order valence-electron chi connectivity index (χ0n) is 9.02. The van der Waals surface area contributed by atoms with Crippen molar-refractivity contribution in [1.29, 1.82) is 0 Å². The standard InChI is InChI=1S/C11H13ClN4/c1-2-5-16-7-14-15-11(16)9-4-3-8(12)6-10(9)13/h3-4,6-7H,2,5,13H2,1H3. The lowest BCUT2D eigenvalue weighted by Gasteiger charge is -2.07. The largest absolute Gasteiger partial charge is 0.398 e. The van der Waals surface area contributed by atoms with Crippen LogP contribution in [-0.4, -0.2) is 14.8 Å². The molecule has 0 saturated carbocycles. The number of aromatic nitrogens is 3. The first-order valence-electron chi connectivity index (χ1n) is 5.15. The molecule has 2 N–H and O–H groups in total. The highest BCUT2D eigenvalue weighted by Gasteiger charge is 2.09. The number of nitrogens with two attached hydrogens (primary N) is 1. The lowest BCUT2D eigenvalue weighted by Crippen LogP contribution is -2.00. The van der Waals surface area contributed by atoms with E-state index in [0.29, 0.717) is 10.7 Å². The first-order valence-corrected chi connectivity index (χ1v) is 5.53. The summed E-state index contributed by atoms with van der Waals surface area (Å²) in [5.74, 6) is 0.788. The molecule has 16 heavy (non-hydrogen) atoms. The van der Waals surface area contributed by atoms with Crippen molar-refractivity contribution < 1.29 is 0 Å². The number of benzene rings is 1. The molecule has 1 aromatic carbocycles. The summed E-state index contributed by atoms with van der Waals surface area (Å²) in [5.41, 5.74) is 7.41. The minimum atomic E-state index is 0.623. The summed E-state index contributed by atoms with van der Waals surface area (Å²) in [5, 5.41) is 8.62. The van der Waals surface area contributed by atoms with E-state index in [9.17, 15) is 0 Å². The fourth-order valence-corrected chi connectivity index (χ4v) is 1.79. The minimum Gasteiger partial charge on any atom is -0.398 e. The van der Waals surface area contributed by atoms with Gasteiger partial charge in [-0.2, -0.15) is 0 Å². The smallest absolute Gasteiger partial charge is 0.165 e. The average Bonchev–Trinajstić information content (AvgIpc) is 2.67. The summed E-state index contributed by atoms with van der Waals surface area (Å²) >= 11 is 5.86. The molecule has 0 spiro atoms. The lowest BCUT2D eigenvalue weighted by atomic mass is 10.1. The normalized spacial score (nSPS) is 10.6. The molecule has 0 amide bonds. The molecule has 0 fully saturated rings. The van der Waals surface area contributed by atoms with Crippen LogP contribution in [0.25, 0.3) is 11.4 Å². The van der Waals surface area contributed by atoms with Gasteiger partial charge in [0.25, 0.3) is 0 Å². The minimum absolute atomic E-state index is 0.623. The molecule has 2 rings (SSSR count). The summed E-state index contributed by atoms with van der Waals surface area (Å²) < 4.78 is 1.99.